The maximum atomic E-state index is 12.1. The number of halogens is 1. The van der Waals surface area contributed by atoms with E-state index < -0.39 is 0 Å². The number of nitrogens with one attached hydrogen (secondary N) is 1. The normalized spacial score (nSPS) is 15.2. The van der Waals surface area contributed by atoms with Gasteiger partial charge in [0.1, 0.15) is 0 Å². The van der Waals surface area contributed by atoms with Gasteiger partial charge in [-0.05, 0) is 37.6 Å². The van der Waals surface area contributed by atoms with Crippen LogP contribution in [0.1, 0.15) is 18.9 Å². The second-order valence-electron chi connectivity index (χ2n) is 5.79. The van der Waals surface area contributed by atoms with Crippen LogP contribution >= 0.6 is 15.9 Å². The van der Waals surface area contributed by atoms with Crippen LogP contribution in [-0.2, 0) is 9.53 Å². The van der Waals surface area contributed by atoms with Gasteiger partial charge in [0.15, 0.2) is 0 Å². The standard InChI is InChI=1S/C17H24BrN3O3/c1-3-24-17(23)21-10-8-20(9-11-21)7-6-16(22)19-15-5-4-14(18)12-13(15)2/h4-5,12H,3,6-11H2,1-2H3,(H,19,22). The molecular formula is C17H24BrN3O3. The Morgan fingerprint density at radius 3 is 2.58 bits per heavy atom. The molecule has 0 unspecified atom stereocenters. The fourth-order valence-corrected chi connectivity index (χ4v) is 3.08. The molecule has 0 aromatic heterocycles. The summed E-state index contributed by atoms with van der Waals surface area (Å²) >= 11 is 3.41. The van der Waals surface area contributed by atoms with E-state index in [1.54, 1.807) is 11.8 Å². The third-order valence-corrected chi connectivity index (χ3v) is 4.51. The Morgan fingerprint density at radius 1 is 1.25 bits per heavy atom. The van der Waals surface area contributed by atoms with E-state index in [0.717, 1.165) is 28.8 Å². The first-order valence-electron chi connectivity index (χ1n) is 8.19. The van der Waals surface area contributed by atoms with Gasteiger partial charge in [0.25, 0.3) is 0 Å². The van der Waals surface area contributed by atoms with Crippen LogP contribution in [0.25, 0.3) is 0 Å². The third kappa shape index (κ3) is 5.49. The molecule has 24 heavy (non-hydrogen) atoms. The Bertz CT molecular complexity index is 586. The predicted molar refractivity (Wildman–Crippen MR) is 97.2 cm³/mol. The summed E-state index contributed by atoms with van der Waals surface area (Å²) in [5.74, 6) is 0.00763. The van der Waals surface area contributed by atoms with Gasteiger partial charge in [0, 0.05) is 49.3 Å². The molecule has 1 saturated heterocycles. The Kier molecular flexibility index (Phi) is 7.05. The number of carbonyl (C=O) groups excluding carboxylic acids is 2. The number of benzene rings is 1. The predicted octanol–water partition coefficient (Wildman–Crippen LogP) is 2.86. The number of nitrogens with zero attached hydrogens (tertiary/aromatic N) is 2. The molecule has 0 aliphatic carbocycles. The highest BCUT2D eigenvalue weighted by Gasteiger charge is 2.22. The summed E-state index contributed by atoms with van der Waals surface area (Å²) < 4.78 is 6.00. The molecule has 0 atom stereocenters. The smallest absolute Gasteiger partial charge is 0.409 e. The largest absolute Gasteiger partial charge is 0.450 e. The molecule has 6 nitrogen and oxygen atoms in total. The molecular weight excluding hydrogens is 374 g/mol. The third-order valence-electron chi connectivity index (χ3n) is 4.02. The molecule has 7 heteroatoms. The number of amides is 2. The molecule has 0 radical (unpaired) electrons. The van der Waals surface area contributed by atoms with E-state index in [0.29, 0.717) is 32.7 Å². The van der Waals surface area contributed by atoms with Crippen LogP contribution in [0.3, 0.4) is 0 Å². The first-order valence-corrected chi connectivity index (χ1v) is 8.99. The summed E-state index contributed by atoms with van der Waals surface area (Å²) in [4.78, 5) is 27.7. The van der Waals surface area contributed by atoms with Crippen LogP contribution in [0, 0.1) is 6.92 Å². The number of hydrogen-bond donors (Lipinski definition) is 1. The van der Waals surface area contributed by atoms with Crippen molar-refractivity contribution < 1.29 is 14.3 Å². The van der Waals surface area contributed by atoms with Crippen molar-refractivity contribution in [3.8, 4) is 0 Å². The number of piperazine rings is 1. The summed E-state index contributed by atoms with van der Waals surface area (Å²) in [7, 11) is 0. The van der Waals surface area contributed by atoms with Crippen molar-refractivity contribution in [1.82, 2.24) is 9.80 Å². The quantitative estimate of drug-likeness (QED) is 0.829. The van der Waals surface area contributed by atoms with E-state index in [-0.39, 0.29) is 12.0 Å². The SMILES string of the molecule is CCOC(=O)N1CCN(CCC(=O)Nc2ccc(Br)cc2C)CC1. The fourth-order valence-electron chi connectivity index (χ4n) is 2.61. The van der Waals surface area contributed by atoms with Crippen molar-refractivity contribution in [2.24, 2.45) is 0 Å². The lowest BCUT2D eigenvalue weighted by Gasteiger charge is -2.33. The molecule has 1 N–H and O–H groups in total. The zero-order valence-electron chi connectivity index (χ0n) is 14.2. The maximum Gasteiger partial charge on any atom is 0.409 e. The molecule has 2 rings (SSSR count). The maximum absolute atomic E-state index is 12.1. The Balaban J connectivity index is 1.72. The van der Waals surface area contributed by atoms with Gasteiger partial charge in [-0.3, -0.25) is 9.69 Å². The van der Waals surface area contributed by atoms with Crippen LogP contribution in [-0.4, -0.2) is 61.1 Å². The van der Waals surface area contributed by atoms with Gasteiger partial charge in [-0.25, -0.2) is 4.79 Å². The summed E-state index contributed by atoms with van der Waals surface area (Å²) in [5, 5.41) is 2.95. The minimum atomic E-state index is -0.249. The van der Waals surface area contributed by atoms with Crippen LogP contribution in [0.5, 0.6) is 0 Å². The van der Waals surface area contributed by atoms with Gasteiger partial charge in [-0.2, -0.15) is 0 Å². The first-order chi connectivity index (χ1) is 11.5. The minimum Gasteiger partial charge on any atom is -0.450 e. The Hall–Kier alpha value is -1.60. The van der Waals surface area contributed by atoms with Gasteiger partial charge in [0.2, 0.25) is 5.91 Å². The van der Waals surface area contributed by atoms with Crippen molar-refractivity contribution in [1.29, 1.82) is 0 Å². The number of anilines is 1. The molecule has 0 spiro atoms. The van der Waals surface area contributed by atoms with Gasteiger partial charge in [0.05, 0.1) is 6.61 Å². The lowest BCUT2D eigenvalue weighted by Crippen LogP contribution is -2.49. The van der Waals surface area contributed by atoms with Crippen molar-refractivity contribution in [3.63, 3.8) is 0 Å². The molecule has 1 heterocycles. The van der Waals surface area contributed by atoms with Crippen molar-refractivity contribution in [2.75, 3.05) is 44.6 Å². The molecule has 0 saturated carbocycles. The summed E-state index contributed by atoms with van der Waals surface area (Å²) in [5.41, 5.74) is 1.87. The molecule has 1 fully saturated rings. The zero-order valence-corrected chi connectivity index (χ0v) is 15.8. The summed E-state index contributed by atoms with van der Waals surface area (Å²) in [6, 6.07) is 5.79. The number of ether oxygens (including phenoxy) is 1. The monoisotopic (exact) mass is 397 g/mol. The lowest BCUT2D eigenvalue weighted by molar-refractivity contribution is -0.116. The van der Waals surface area contributed by atoms with Crippen LogP contribution in [0.4, 0.5) is 10.5 Å². The molecule has 1 aliphatic heterocycles. The highest BCUT2D eigenvalue weighted by molar-refractivity contribution is 9.10. The minimum absolute atomic E-state index is 0.00763. The average Bonchev–Trinajstić information content (AvgIpc) is 2.56. The highest BCUT2D eigenvalue weighted by atomic mass is 79.9. The topological polar surface area (TPSA) is 61.9 Å². The fraction of sp³-hybridized carbons (Fsp3) is 0.529. The van der Waals surface area contributed by atoms with Gasteiger partial charge in [-0.1, -0.05) is 15.9 Å². The second-order valence-corrected chi connectivity index (χ2v) is 6.70. The van der Waals surface area contributed by atoms with E-state index in [4.69, 9.17) is 4.74 Å². The van der Waals surface area contributed by atoms with E-state index in [2.05, 4.69) is 26.1 Å². The molecule has 1 aromatic carbocycles. The van der Waals surface area contributed by atoms with Gasteiger partial charge >= 0.3 is 6.09 Å². The summed E-state index contributed by atoms with van der Waals surface area (Å²) in [6.45, 7) is 7.69. The van der Waals surface area contributed by atoms with E-state index in [1.165, 1.54) is 0 Å². The van der Waals surface area contributed by atoms with Gasteiger partial charge in [-0.15, -0.1) is 0 Å². The van der Waals surface area contributed by atoms with Crippen molar-refractivity contribution >= 4 is 33.6 Å². The van der Waals surface area contributed by atoms with E-state index in [1.807, 2.05) is 25.1 Å². The molecule has 1 aromatic rings. The van der Waals surface area contributed by atoms with Crippen molar-refractivity contribution in [3.05, 3.63) is 28.2 Å². The highest BCUT2D eigenvalue weighted by Crippen LogP contribution is 2.20. The Labute approximate surface area is 151 Å². The van der Waals surface area contributed by atoms with E-state index >= 15 is 0 Å². The van der Waals surface area contributed by atoms with Crippen molar-refractivity contribution in [2.45, 2.75) is 20.3 Å². The molecule has 1 aliphatic rings. The summed E-state index contributed by atoms with van der Waals surface area (Å²) in [6.07, 6.45) is 0.190. The Morgan fingerprint density at radius 2 is 1.96 bits per heavy atom. The molecule has 2 amide bonds. The zero-order chi connectivity index (χ0) is 17.5. The van der Waals surface area contributed by atoms with Crippen LogP contribution in [0.15, 0.2) is 22.7 Å². The van der Waals surface area contributed by atoms with Crippen LogP contribution < -0.4 is 5.32 Å². The number of carbonyl (C=O) groups is 2. The number of aryl methyl sites for hydroxylation is 1. The second kappa shape index (κ2) is 9.03. The van der Waals surface area contributed by atoms with Gasteiger partial charge < -0.3 is 15.0 Å². The first kappa shape index (κ1) is 18.7. The van der Waals surface area contributed by atoms with Crippen LogP contribution in [0.2, 0.25) is 0 Å². The number of hydrogen-bond acceptors (Lipinski definition) is 4. The van der Waals surface area contributed by atoms with E-state index in [9.17, 15) is 9.59 Å². The average molecular weight is 398 g/mol. The molecule has 132 valence electrons. The lowest BCUT2D eigenvalue weighted by atomic mass is 10.2. The molecule has 0 bridgehead atoms. The number of rotatable bonds is 5.